The van der Waals surface area contributed by atoms with Crippen molar-refractivity contribution >= 4 is 11.5 Å². The van der Waals surface area contributed by atoms with E-state index in [0.29, 0.717) is 11.6 Å². The number of nitrogens with one attached hydrogen (secondary N) is 1. The first kappa shape index (κ1) is 16.7. The van der Waals surface area contributed by atoms with Gasteiger partial charge in [-0.3, -0.25) is 0 Å². The molecule has 0 saturated carbocycles. The second-order valence-electron chi connectivity index (χ2n) is 5.92. The molecular weight excluding hydrogens is 338 g/mol. The SMILES string of the molecule is Cc1ccnc(Nc2ccc(Oc3ncccc3-c3ccncn3)cc2)c1. The molecule has 1 N–H and O–H groups in total. The molecule has 3 aromatic heterocycles. The summed E-state index contributed by atoms with van der Waals surface area (Å²) in [7, 11) is 0. The van der Waals surface area contributed by atoms with Crippen molar-refractivity contribution in [2.75, 3.05) is 5.32 Å². The van der Waals surface area contributed by atoms with E-state index in [0.717, 1.165) is 28.3 Å². The van der Waals surface area contributed by atoms with Crippen LogP contribution in [0.15, 0.2) is 79.5 Å². The Kier molecular flexibility index (Phi) is 4.70. The number of benzene rings is 1. The maximum atomic E-state index is 5.97. The van der Waals surface area contributed by atoms with Gasteiger partial charge in [-0.05, 0) is 67.1 Å². The molecule has 0 bridgehead atoms. The van der Waals surface area contributed by atoms with Gasteiger partial charge >= 0.3 is 0 Å². The smallest absolute Gasteiger partial charge is 0.228 e. The molecule has 132 valence electrons. The summed E-state index contributed by atoms with van der Waals surface area (Å²) >= 11 is 0. The van der Waals surface area contributed by atoms with Crippen molar-refractivity contribution in [2.45, 2.75) is 6.92 Å². The van der Waals surface area contributed by atoms with Crippen molar-refractivity contribution in [3.8, 4) is 22.9 Å². The predicted octanol–water partition coefficient (Wildman–Crippen LogP) is 4.78. The molecule has 4 rings (SSSR count). The minimum atomic E-state index is 0.497. The van der Waals surface area contributed by atoms with E-state index < -0.39 is 0 Å². The van der Waals surface area contributed by atoms with Crippen LogP contribution in [0.25, 0.3) is 11.3 Å². The third-order valence-electron chi connectivity index (χ3n) is 3.89. The molecule has 27 heavy (non-hydrogen) atoms. The second-order valence-corrected chi connectivity index (χ2v) is 5.92. The number of rotatable bonds is 5. The number of hydrogen-bond acceptors (Lipinski definition) is 6. The van der Waals surface area contributed by atoms with E-state index >= 15 is 0 Å². The zero-order valence-electron chi connectivity index (χ0n) is 14.7. The Morgan fingerprint density at radius 1 is 0.852 bits per heavy atom. The standard InChI is InChI=1S/C21H17N5O/c1-15-8-12-23-20(13-15)26-16-4-6-17(7-5-16)27-21-18(3-2-10-24-21)19-9-11-22-14-25-19/h2-14H,1H3,(H,23,26). The number of ether oxygens (including phenoxy) is 1. The van der Waals surface area contributed by atoms with Crippen molar-refractivity contribution in [3.63, 3.8) is 0 Å². The van der Waals surface area contributed by atoms with Crippen molar-refractivity contribution < 1.29 is 4.74 Å². The van der Waals surface area contributed by atoms with Gasteiger partial charge in [0.2, 0.25) is 5.88 Å². The van der Waals surface area contributed by atoms with Crippen molar-refractivity contribution in [3.05, 3.63) is 85.1 Å². The van der Waals surface area contributed by atoms with Gasteiger partial charge in [0.25, 0.3) is 0 Å². The van der Waals surface area contributed by atoms with E-state index in [1.54, 1.807) is 18.6 Å². The van der Waals surface area contributed by atoms with Crippen LogP contribution in [0.1, 0.15) is 5.56 Å². The van der Waals surface area contributed by atoms with E-state index in [1.165, 1.54) is 6.33 Å². The average molecular weight is 355 g/mol. The van der Waals surface area contributed by atoms with Crippen LogP contribution in [0.4, 0.5) is 11.5 Å². The van der Waals surface area contributed by atoms with Crippen LogP contribution >= 0.6 is 0 Å². The van der Waals surface area contributed by atoms with Crippen LogP contribution in [0, 0.1) is 6.92 Å². The van der Waals surface area contributed by atoms with Gasteiger partial charge in [-0.15, -0.1) is 0 Å². The van der Waals surface area contributed by atoms with Crippen LogP contribution in [0.5, 0.6) is 11.6 Å². The third-order valence-corrected chi connectivity index (χ3v) is 3.89. The Balaban J connectivity index is 1.53. The lowest BCUT2D eigenvalue weighted by Gasteiger charge is -2.10. The quantitative estimate of drug-likeness (QED) is 0.555. The van der Waals surface area contributed by atoms with Crippen molar-refractivity contribution in [2.24, 2.45) is 0 Å². The highest BCUT2D eigenvalue weighted by Crippen LogP contribution is 2.30. The summed E-state index contributed by atoms with van der Waals surface area (Å²) in [6.07, 6.45) is 6.68. The first-order chi connectivity index (χ1) is 13.3. The molecule has 0 radical (unpaired) electrons. The fourth-order valence-corrected chi connectivity index (χ4v) is 2.59. The molecule has 0 spiro atoms. The highest BCUT2D eigenvalue weighted by Gasteiger charge is 2.09. The van der Waals surface area contributed by atoms with E-state index in [2.05, 4.69) is 25.3 Å². The molecule has 0 amide bonds. The van der Waals surface area contributed by atoms with E-state index in [1.807, 2.05) is 61.5 Å². The molecule has 0 fully saturated rings. The monoisotopic (exact) mass is 355 g/mol. The fraction of sp³-hybridized carbons (Fsp3) is 0.0476. The largest absolute Gasteiger partial charge is 0.438 e. The summed E-state index contributed by atoms with van der Waals surface area (Å²) in [5, 5.41) is 3.27. The summed E-state index contributed by atoms with van der Waals surface area (Å²) < 4.78 is 5.97. The lowest BCUT2D eigenvalue weighted by atomic mass is 10.2. The summed E-state index contributed by atoms with van der Waals surface area (Å²) in [6.45, 7) is 2.03. The second kappa shape index (κ2) is 7.61. The number of nitrogens with zero attached hydrogens (tertiary/aromatic N) is 4. The highest BCUT2D eigenvalue weighted by atomic mass is 16.5. The summed E-state index contributed by atoms with van der Waals surface area (Å²) in [6, 6.07) is 17.2. The number of anilines is 2. The minimum absolute atomic E-state index is 0.497. The fourth-order valence-electron chi connectivity index (χ4n) is 2.59. The van der Waals surface area contributed by atoms with Crippen LogP contribution in [-0.4, -0.2) is 19.9 Å². The Hall–Kier alpha value is -3.80. The van der Waals surface area contributed by atoms with Gasteiger partial charge in [-0.2, -0.15) is 0 Å². The maximum absolute atomic E-state index is 5.97. The molecule has 0 saturated heterocycles. The molecule has 1 aromatic carbocycles. The Labute approximate surface area is 157 Å². The zero-order valence-corrected chi connectivity index (χ0v) is 14.7. The van der Waals surface area contributed by atoms with Crippen LogP contribution < -0.4 is 10.1 Å². The summed E-state index contributed by atoms with van der Waals surface area (Å²) in [5.74, 6) is 1.99. The van der Waals surface area contributed by atoms with Crippen molar-refractivity contribution in [1.82, 2.24) is 19.9 Å². The van der Waals surface area contributed by atoms with Crippen LogP contribution in [-0.2, 0) is 0 Å². The van der Waals surface area contributed by atoms with Gasteiger partial charge in [-0.1, -0.05) is 0 Å². The predicted molar refractivity (Wildman–Crippen MR) is 104 cm³/mol. The van der Waals surface area contributed by atoms with E-state index in [9.17, 15) is 0 Å². The molecule has 0 aliphatic rings. The van der Waals surface area contributed by atoms with Crippen molar-refractivity contribution in [1.29, 1.82) is 0 Å². The summed E-state index contributed by atoms with van der Waals surface area (Å²) in [4.78, 5) is 16.9. The zero-order chi connectivity index (χ0) is 18.5. The third kappa shape index (κ3) is 4.07. The molecule has 0 aliphatic heterocycles. The molecule has 0 atom stereocenters. The van der Waals surface area contributed by atoms with E-state index in [4.69, 9.17) is 4.74 Å². The Morgan fingerprint density at radius 3 is 2.52 bits per heavy atom. The molecule has 0 unspecified atom stereocenters. The molecule has 4 aromatic rings. The van der Waals surface area contributed by atoms with Gasteiger partial charge in [0.05, 0.1) is 11.3 Å². The van der Waals surface area contributed by atoms with Gasteiger partial charge in [0.15, 0.2) is 0 Å². The number of pyridine rings is 2. The van der Waals surface area contributed by atoms with E-state index in [-0.39, 0.29) is 0 Å². The lowest BCUT2D eigenvalue weighted by molar-refractivity contribution is 0.465. The first-order valence-corrected chi connectivity index (χ1v) is 8.47. The number of aryl methyl sites for hydroxylation is 1. The summed E-state index contributed by atoms with van der Waals surface area (Å²) in [5.41, 5.74) is 3.65. The van der Waals surface area contributed by atoms with Gasteiger partial charge in [0.1, 0.15) is 17.9 Å². The van der Waals surface area contributed by atoms with Crippen LogP contribution in [0.3, 0.4) is 0 Å². The topological polar surface area (TPSA) is 72.8 Å². The molecule has 6 nitrogen and oxygen atoms in total. The molecule has 0 aliphatic carbocycles. The van der Waals surface area contributed by atoms with Crippen LogP contribution in [0.2, 0.25) is 0 Å². The van der Waals surface area contributed by atoms with Gasteiger partial charge in [-0.25, -0.2) is 19.9 Å². The lowest BCUT2D eigenvalue weighted by Crippen LogP contribution is -1.95. The van der Waals surface area contributed by atoms with Gasteiger partial charge < -0.3 is 10.1 Å². The molecular formula is C21H17N5O. The average Bonchev–Trinajstić information content (AvgIpc) is 2.71. The number of aromatic nitrogens is 4. The maximum Gasteiger partial charge on any atom is 0.228 e. The van der Waals surface area contributed by atoms with Gasteiger partial charge in [0, 0.05) is 24.3 Å². The number of hydrogen-bond donors (Lipinski definition) is 1. The Morgan fingerprint density at radius 2 is 1.74 bits per heavy atom. The highest BCUT2D eigenvalue weighted by molar-refractivity contribution is 5.65. The minimum Gasteiger partial charge on any atom is -0.438 e. The Bertz CT molecular complexity index is 1040. The molecule has 3 heterocycles. The first-order valence-electron chi connectivity index (χ1n) is 8.47. The normalized spacial score (nSPS) is 10.4. The molecule has 6 heteroatoms.